The van der Waals surface area contributed by atoms with Crippen molar-refractivity contribution in [2.24, 2.45) is 5.92 Å². The number of rotatable bonds is 7. The molecule has 1 aliphatic carbocycles. The maximum Gasteiger partial charge on any atom is 0.337 e. The highest BCUT2D eigenvalue weighted by Gasteiger charge is 2.28. The summed E-state index contributed by atoms with van der Waals surface area (Å²) in [6.45, 7) is 0. The van der Waals surface area contributed by atoms with Gasteiger partial charge in [0.05, 0.1) is 11.8 Å². The molecule has 2 aromatic rings. The van der Waals surface area contributed by atoms with Crippen molar-refractivity contribution >= 4 is 27.5 Å². The Hall–Kier alpha value is -2.75. The monoisotopic (exact) mass is 406 g/mol. The first kappa shape index (κ1) is 20.0. The zero-order chi connectivity index (χ0) is 20.3. The second-order valence-corrected chi connectivity index (χ2v) is 9.07. The molecule has 150 valence electrons. The Bertz CT molecular complexity index is 962. The van der Waals surface area contributed by atoms with Gasteiger partial charge in [-0.25, -0.2) is 18.2 Å². The topological polar surface area (TPSA) is 131 Å². The number of anilines is 1. The summed E-state index contributed by atoms with van der Waals surface area (Å²) in [7, 11) is -3.42. The van der Waals surface area contributed by atoms with E-state index < -0.39 is 21.8 Å². The van der Waals surface area contributed by atoms with Gasteiger partial charge < -0.3 is 10.4 Å². The summed E-state index contributed by atoms with van der Waals surface area (Å²) in [5.74, 6) is -0.883. The Balaban J connectivity index is 1.81. The van der Waals surface area contributed by atoms with Gasteiger partial charge >= 0.3 is 5.97 Å². The van der Waals surface area contributed by atoms with Gasteiger partial charge in [0.2, 0.25) is 5.91 Å². The summed E-state index contributed by atoms with van der Waals surface area (Å²) in [6.07, 6.45) is 9.69. The summed E-state index contributed by atoms with van der Waals surface area (Å²) < 4.78 is 24.9. The van der Waals surface area contributed by atoms with E-state index in [0.717, 1.165) is 31.9 Å². The molecule has 10 heteroatoms. The number of sulfone groups is 1. The van der Waals surface area contributed by atoms with Gasteiger partial charge in [0.25, 0.3) is 0 Å². The lowest BCUT2D eigenvalue weighted by Crippen LogP contribution is -2.28. The summed E-state index contributed by atoms with van der Waals surface area (Å²) in [6, 6.07) is 2.09. The second-order valence-electron chi connectivity index (χ2n) is 7.06. The molecule has 2 N–H and O–H groups in total. The first-order chi connectivity index (χ1) is 13.2. The van der Waals surface area contributed by atoms with Gasteiger partial charge in [-0.2, -0.15) is 5.10 Å². The van der Waals surface area contributed by atoms with Crippen molar-refractivity contribution in [3.8, 4) is 0 Å². The Morgan fingerprint density at radius 3 is 2.54 bits per heavy atom. The van der Waals surface area contributed by atoms with E-state index in [0.29, 0.717) is 12.3 Å². The number of hydrogen-bond acceptors (Lipinski definition) is 6. The van der Waals surface area contributed by atoms with Crippen LogP contribution >= 0.6 is 0 Å². The van der Waals surface area contributed by atoms with E-state index in [-0.39, 0.29) is 22.2 Å². The third-order valence-electron chi connectivity index (χ3n) is 4.92. The summed E-state index contributed by atoms with van der Waals surface area (Å²) in [5.41, 5.74) is 0.0189. The molecule has 0 aliphatic heterocycles. The zero-order valence-electron chi connectivity index (χ0n) is 15.4. The van der Waals surface area contributed by atoms with Gasteiger partial charge in [0.15, 0.2) is 9.84 Å². The summed E-state index contributed by atoms with van der Waals surface area (Å²) in [5, 5.41) is 15.7. The molecule has 28 heavy (non-hydrogen) atoms. The van der Waals surface area contributed by atoms with E-state index in [2.05, 4.69) is 15.4 Å². The van der Waals surface area contributed by atoms with E-state index in [1.54, 1.807) is 0 Å². The molecular formula is C18H22N4O5S. The molecule has 2 heterocycles. The Kier molecular flexibility index (Phi) is 5.78. The van der Waals surface area contributed by atoms with Crippen molar-refractivity contribution in [1.29, 1.82) is 0 Å². The van der Waals surface area contributed by atoms with Gasteiger partial charge in [-0.3, -0.25) is 9.48 Å². The van der Waals surface area contributed by atoms with Crippen LogP contribution in [0.25, 0.3) is 0 Å². The number of aromatic carboxylic acids is 1. The second kappa shape index (κ2) is 8.09. The van der Waals surface area contributed by atoms with Crippen molar-refractivity contribution in [3.63, 3.8) is 0 Å². The van der Waals surface area contributed by atoms with Crippen molar-refractivity contribution in [3.05, 3.63) is 36.3 Å². The standard InChI is InChI=1S/C18H22N4O5S/c1-28(26,27)14-10-20-22(11-14)15(8-12-4-2-3-5-12)17(23)21-16-7-6-13(9-19-16)18(24)25/h6-7,9-12,15H,2-5,8H2,1H3,(H,24,25)(H,19,21,23). The minimum atomic E-state index is -3.42. The molecule has 1 fully saturated rings. The molecule has 1 saturated carbocycles. The van der Waals surface area contributed by atoms with Gasteiger partial charge in [-0.1, -0.05) is 25.7 Å². The molecule has 0 radical (unpaired) electrons. The van der Waals surface area contributed by atoms with Crippen LogP contribution in [-0.4, -0.2) is 46.4 Å². The van der Waals surface area contributed by atoms with Crippen LogP contribution in [0.15, 0.2) is 35.6 Å². The Morgan fingerprint density at radius 2 is 2.00 bits per heavy atom. The van der Waals surface area contributed by atoms with Gasteiger partial charge in [-0.05, 0) is 24.5 Å². The number of carboxylic acids is 1. The molecular weight excluding hydrogens is 384 g/mol. The number of hydrogen-bond donors (Lipinski definition) is 2. The molecule has 0 saturated heterocycles. The maximum atomic E-state index is 12.9. The molecule has 2 aromatic heterocycles. The predicted molar refractivity (Wildman–Crippen MR) is 101 cm³/mol. The third-order valence-corrected chi connectivity index (χ3v) is 5.99. The van der Waals surface area contributed by atoms with Crippen LogP contribution in [0, 0.1) is 5.92 Å². The van der Waals surface area contributed by atoms with Crippen molar-refractivity contribution in [2.45, 2.75) is 43.0 Å². The van der Waals surface area contributed by atoms with Crippen LogP contribution in [0.2, 0.25) is 0 Å². The minimum Gasteiger partial charge on any atom is -0.478 e. The van der Waals surface area contributed by atoms with Crippen molar-refractivity contribution in [2.75, 3.05) is 11.6 Å². The molecule has 1 atom stereocenters. The molecule has 1 aliphatic rings. The third kappa shape index (κ3) is 4.75. The lowest BCUT2D eigenvalue weighted by molar-refractivity contribution is -0.120. The minimum absolute atomic E-state index is 0.0189. The van der Waals surface area contributed by atoms with Gasteiger partial charge in [0.1, 0.15) is 16.8 Å². The average molecular weight is 406 g/mol. The lowest BCUT2D eigenvalue weighted by Gasteiger charge is -2.20. The molecule has 9 nitrogen and oxygen atoms in total. The van der Waals surface area contributed by atoms with E-state index in [1.807, 2.05) is 0 Å². The normalized spacial score (nSPS) is 16.0. The average Bonchev–Trinajstić information content (AvgIpc) is 3.31. The maximum absolute atomic E-state index is 12.9. The van der Waals surface area contributed by atoms with Crippen molar-refractivity contribution < 1.29 is 23.1 Å². The Morgan fingerprint density at radius 1 is 1.29 bits per heavy atom. The number of carbonyl (C=O) groups excluding carboxylic acids is 1. The largest absolute Gasteiger partial charge is 0.478 e. The van der Waals surface area contributed by atoms with Crippen LogP contribution in [0.5, 0.6) is 0 Å². The number of nitrogens with one attached hydrogen (secondary N) is 1. The molecule has 1 amide bonds. The number of carboxylic acid groups (broad SMARTS) is 1. The van der Waals surface area contributed by atoms with Gasteiger partial charge in [-0.15, -0.1) is 0 Å². The van der Waals surface area contributed by atoms with E-state index in [9.17, 15) is 18.0 Å². The first-order valence-corrected chi connectivity index (χ1v) is 10.9. The van der Waals surface area contributed by atoms with E-state index in [1.165, 1.54) is 35.4 Å². The number of aromatic nitrogens is 3. The predicted octanol–water partition coefficient (Wildman–Crippen LogP) is 2.14. The van der Waals surface area contributed by atoms with E-state index >= 15 is 0 Å². The highest BCUT2D eigenvalue weighted by Crippen LogP contribution is 2.32. The van der Waals surface area contributed by atoms with Crippen LogP contribution in [0.1, 0.15) is 48.5 Å². The Labute approximate surface area is 162 Å². The fraction of sp³-hybridized carbons (Fsp3) is 0.444. The van der Waals surface area contributed by atoms with Crippen LogP contribution in [-0.2, 0) is 14.6 Å². The smallest absolute Gasteiger partial charge is 0.337 e. The molecule has 0 aromatic carbocycles. The zero-order valence-corrected chi connectivity index (χ0v) is 16.2. The lowest BCUT2D eigenvalue weighted by atomic mass is 9.98. The molecule has 0 spiro atoms. The van der Waals surface area contributed by atoms with Crippen molar-refractivity contribution in [1.82, 2.24) is 14.8 Å². The van der Waals surface area contributed by atoms with Crippen LogP contribution in [0.3, 0.4) is 0 Å². The molecule has 3 rings (SSSR count). The first-order valence-electron chi connectivity index (χ1n) is 8.98. The van der Waals surface area contributed by atoms with E-state index in [4.69, 9.17) is 5.11 Å². The van der Waals surface area contributed by atoms with Gasteiger partial charge in [0, 0.05) is 18.6 Å². The number of pyridine rings is 1. The molecule has 0 bridgehead atoms. The highest BCUT2D eigenvalue weighted by atomic mass is 32.2. The number of amides is 1. The van der Waals surface area contributed by atoms with Crippen LogP contribution < -0.4 is 5.32 Å². The fourth-order valence-corrected chi connectivity index (χ4v) is 3.92. The fourth-order valence-electron chi connectivity index (χ4n) is 3.38. The van der Waals surface area contributed by atoms with Crippen LogP contribution in [0.4, 0.5) is 5.82 Å². The quantitative estimate of drug-likeness (QED) is 0.720. The highest BCUT2D eigenvalue weighted by molar-refractivity contribution is 7.90. The summed E-state index contributed by atoms with van der Waals surface area (Å²) >= 11 is 0. The molecule has 1 unspecified atom stereocenters. The summed E-state index contributed by atoms with van der Waals surface area (Å²) in [4.78, 5) is 27.8. The SMILES string of the molecule is CS(=O)(=O)c1cnn(C(CC2CCCC2)C(=O)Nc2ccc(C(=O)O)cn2)c1. The number of carbonyl (C=O) groups is 2. The number of nitrogens with zero attached hydrogens (tertiary/aromatic N) is 3.